The fourth-order valence-corrected chi connectivity index (χ4v) is 4.06. The molecule has 3 nitrogen and oxygen atoms in total. The average molecular weight is 274 g/mol. The minimum atomic E-state index is 0.695. The molecule has 0 amide bonds. The summed E-state index contributed by atoms with van der Waals surface area (Å²) in [6.45, 7) is 2.14. The summed E-state index contributed by atoms with van der Waals surface area (Å²) in [7, 11) is 3.85. The number of nitrogens with zero attached hydrogens (tertiary/aromatic N) is 1. The van der Waals surface area contributed by atoms with E-state index in [0.717, 1.165) is 5.75 Å². The highest BCUT2D eigenvalue weighted by Gasteiger charge is 2.37. The van der Waals surface area contributed by atoms with E-state index in [0.29, 0.717) is 18.1 Å². The van der Waals surface area contributed by atoms with E-state index in [2.05, 4.69) is 42.4 Å². The second-order valence-corrected chi connectivity index (χ2v) is 6.26. The summed E-state index contributed by atoms with van der Waals surface area (Å²) < 4.78 is 5.39. The molecule has 2 fully saturated rings. The van der Waals surface area contributed by atoms with E-state index in [1.54, 1.807) is 7.11 Å². The summed E-state index contributed by atoms with van der Waals surface area (Å²) in [4.78, 5) is 2.68. The van der Waals surface area contributed by atoms with E-state index in [-0.39, 0.29) is 0 Å². The smallest absolute Gasteiger partial charge is 0.121 e. The second kappa shape index (κ2) is 5.65. The molecule has 3 heteroatoms. The maximum atomic E-state index is 5.39. The summed E-state index contributed by atoms with van der Waals surface area (Å²) in [5.74, 6) is 0.990. The van der Waals surface area contributed by atoms with Gasteiger partial charge in [-0.05, 0) is 69.8 Å². The summed E-state index contributed by atoms with van der Waals surface area (Å²) in [5, 5.41) is 3.49. The summed E-state index contributed by atoms with van der Waals surface area (Å²) >= 11 is 0. The number of hydrogen-bond acceptors (Lipinski definition) is 3. The van der Waals surface area contributed by atoms with Gasteiger partial charge in [-0.3, -0.25) is 0 Å². The van der Waals surface area contributed by atoms with Crippen molar-refractivity contribution in [2.45, 2.75) is 57.2 Å². The first-order valence-corrected chi connectivity index (χ1v) is 7.83. The third kappa shape index (κ3) is 2.39. The minimum Gasteiger partial charge on any atom is -0.496 e. The second-order valence-electron chi connectivity index (χ2n) is 6.26. The average Bonchev–Trinajstić information content (AvgIpc) is 2.45. The number of benzene rings is 1. The van der Waals surface area contributed by atoms with Crippen LogP contribution in [0.3, 0.4) is 0 Å². The van der Waals surface area contributed by atoms with Crippen molar-refractivity contribution in [3.8, 4) is 5.75 Å². The zero-order valence-corrected chi connectivity index (χ0v) is 12.9. The molecule has 20 heavy (non-hydrogen) atoms. The first kappa shape index (κ1) is 13.7. The van der Waals surface area contributed by atoms with Crippen LogP contribution in [0.1, 0.15) is 37.7 Å². The van der Waals surface area contributed by atoms with E-state index in [9.17, 15) is 0 Å². The van der Waals surface area contributed by atoms with Gasteiger partial charge < -0.3 is 15.0 Å². The standard InChI is InChI=1S/C17H26N2O/c1-12-9-16(7-8-17(12)20-3)19-14-5-4-6-15(19)11-13(10-14)18-2/h7-9,13-15,18H,4-6,10-11H2,1-3H3. The number of rotatable bonds is 3. The van der Waals surface area contributed by atoms with E-state index in [1.807, 2.05) is 0 Å². The predicted octanol–water partition coefficient (Wildman–Crippen LogP) is 3.11. The van der Waals surface area contributed by atoms with Crippen LogP contribution in [-0.2, 0) is 0 Å². The molecule has 2 heterocycles. The quantitative estimate of drug-likeness (QED) is 0.916. The lowest BCUT2D eigenvalue weighted by molar-refractivity contribution is 0.252. The zero-order valence-electron chi connectivity index (χ0n) is 12.9. The minimum absolute atomic E-state index is 0.695. The van der Waals surface area contributed by atoms with Crippen molar-refractivity contribution in [2.75, 3.05) is 19.1 Å². The summed E-state index contributed by atoms with van der Waals surface area (Å²) in [6.07, 6.45) is 6.60. The van der Waals surface area contributed by atoms with Crippen LogP contribution in [0.5, 0.6) is 5.75 Å². The molecule has 1 N–H and O–H groups in total. The SMILES string of the molecule is CNC1CC2CCCC(C1)N2c1ccc(OC)c(C)c1. The number of hydrogen-bond donors (Lipinski definition) is 1. The van der Waals surface area contributed by atoms with Crippen molar-refractivity contribution in [2.24, 2.45) is 0 Å². The molecule has 0 aliphatic carbocycles. The Labute approximate surface area is 122 Å². The number of piperidine rings is 2. The molecule has 2 bridgehead atoms. The van der Waals surface area contributed by atoms with Gasteiger partial charge in [-0.2, -0.15) is 0 Å². The van der Waals surface area contributed by atoms with Crippen LogP contribution in [0.25, 0.3) is 0 Å². The molecule has 1 aromatic carbocycles. The van der Waals surface area contributed by atoms with Crippen molar-refractivity contribution in [1.82, 2.24) is 5.32 Å². The van der Waals surface area contributed by atoms with E-state index in [4.69, 9.17) is 4.74 Å². The molecular weight excluding hydrogens is 248 g/mol. The van der Waals surface area contributed by atoms with Crippen molar-refractivity contribution in [1.29, 1.82) is 0 Å². The number of anilines is 1. The largest absolute Gasteiger partial charge is 0.496 e. The fraction of sp³-hybridized carbons (Fsp3) is 0.647. The van der Waals surface area contributed by atoms with Gasteiger partial charge in [0, 0.05) is 23.8 Å². The lowest BCUT2D eigenvalue weighted by atomic mass is 9.81. The Morgan fingerprint density at radius 2 is 1.90 bits per heavy atom. The number of aryl methyl sites for hydroxylation is 1. The van der Waals surface area contributed by atoms with Crippen LogP contribution in [-0.4, -0.2) is 32.3 Å². The molecule has 2 saturated heterocycles. The van der Waals surface area contributed by atoms with E-state index < -0.39 is 0 Å². The van der Waals surface area contributed by atoms with Crippen LogP contribution < -0.4 is 15.0 Å². The molecule has 3 rings (SSSR count). The maximum absolute atomic E-state index is 5.39. The van der Waals surface area contributed by atoms with Crippen LogP contribution in [0.15, 0.2) is 18.2 Å². The molecule has 2 aliphatic heterocycles. The summed E-state index contributed by atoms with van der Waals surface area (Å²) in [6, 6.07) is 8.74. The van der Waals surface area contributed by atoms with Crippen molar-refractivity contribution >= 4 is 5.69 Å². The Kier molecular flexibility index (Phi) is 3.88. The number of ether oxygens (including phenoxy) is 1. The third-order valence-corrected chi connectivity index (χ3v) is 5.06. The van der Waals surface area contributed by atoms with Gasteiger partial charge in [0.2, 0.25) is 0 Å². The molecule has 0 spiro atoms. The predicted molar refractivity (Wildman–Crippen MR) is 83.7 cm³/mol. The van der Waals surface area contributed by atoms with E-state index >= 15 is 0 Å². The lowest BCUT2D eigenvalue weighted by Crippen LogP contribution is -2.56. The first-order chi connectivity index (χ1) is 9.72. The van der Waals surface area contributed by atoms with Gasteiger partial charge in [0.15, 0.2) is 0 Å². The van der Waals surface area contributed by atoms with Gasteiger partial charge in [-0.15, -0.1) is 0 Å². The van der Waals surface area contributed by atoms with Crippen LogP contribution in [0, 0.1) is 6.92 Å². The normalized spacial score (nSPS) is 29.4. The molecule has 0 aromatic heterocycles. The fourth-order valence-electron chi connectivity index (χ4n) is 4.06. The molecule has 2 aliphatic rings. The maximum Gasteiger partial charge on any atom is 0.121 e. The Balaban J connectivity index is 1.87. The highest BCUT2D eigenvalue weighted by molar-refractivity contribution is 5.55. The highest BCUT2D eigenvalue weighted by Crippen LogP contribution is 2.38. The molecule has 0 radical (unpaired) electrons. The summed E-state index contributed by atoms with van der Waals surface area (Å²) in [5.41, 5.74) is 2.62. The molecule has 2 atom stereocenters. The van der Waals surface area contributed by atoms with Gasteiger partial charge in [-0.1, -0.05) is 0 Å². The number of fused-ring (bicyclic) bond motifs is 2. The topological polar surface area (TPSA) is 24.5 Å². The van der Waals surface area contributed by atoms with Crippen LogP contribution in [0.4, 0.5) is 5.69 Å². The van der Waals surface area contributed by atoms with E-state index in [1.165, 1.54) is 43.4 Å². The Morgan fingerprint density at radius 1 is 1.20 bits per heavy atom. The molecule has 1 aromatic rings. The lowest BCUT2D eigenvalue weighted by Gasteiger charge is -2.50. The Hall–Kier alpha value is -1.22. The van der Waals surface area contributed by atoms with Crippen LogP contribution in [0.2, 0.25) is 0 Å². The molecule has 2 unspecified atom stereocenters. The Morgan fingerprint density at radius 3 is 2.45 bits per heavy atom. The zero-order chi connectivity index (χ0) is 14.1. The van der Waals surface area contributed by atoms with Crippen molar-refractivity contribution in [3.05, 3.63) is 23.8 Å². The van der Waals surface area contributed by atoms with Crippen LogP contribution >= 0.6 is 0 Å². The number of methoxy groups -OCH3 is 1. The van der Waals surface area contributed by atoms with Gasteiger partial charge in [0.1, 0.15) is 5.75 Å². The van der Waals surface area contributed by atoms with Gasteiger partial charge >= 0.3 is 0 Å². The number of nitrogens with one attached hydrogen (secondary N) is 1. The van der Waals surface area contributed by atoms with Gasteiger partial charge in [0.05, 0.1) is 7.11 Å². The first-order valence-electron chi connectivity index (χ1n) is 7.83. The Bertz CT molecular complexity index is 460. The van der Waals surface area contributed by atoms with Gasteiger partial charge in [-0.25, -0.2) is 0 Å². The van der Waals surface area contributed by atoms with Gasteiger partial charge in [0.25, 0.3) is 0 Å². The molecule has 110 valence electrons. The molecular formula is C17H26N2O. The third-order valence-electron chi connectivity index (χ3n) is 5.06. The highest BCUT2D eigenvalue weighted by atomic mass is 16.5. The van der Waals surface area contributed by atoms with Crippen molar-refractivity contribution in [3.63, 3.8) is 0 Å². The van der Waals surface area contributed by atoms with Crippen molar-refractivity contribution < 1.29 is 4.74 Å². The molecule has 0 saturated carbocycles. The monoisotopic (exact) mass is 274 g/mol.